The van der Waals surface area contributed by atoms with Gasteiger partial charge in [0.05, 0.1) is 11.9 Å². The van der Waals surface area contributed by atoms with Gasteiger partial charge in [-0.3, -0.25) is 13.9 Å². The Balaban J connectivity index is 1.73. The maximum Gasteiger partial charge on any atom is 0.244 e. The van der Waals surface area contributed by atoms with Crippen molar-refractivity contribution >= 4 is 55.1 Å². The highest BCUT2D eigenvalue weighted by molar-refractivity contribution is 9.10. The molecule has 10 heteroatoms. The molecule has 0 aromatic heterocycles. The van der Waals surface area contributed by atoms with E-state index in [0.29, 0.717) is 16.3 Å². The highest BCUT2D eigenvalue weighted by atomic mass is 79.9. The summed E-state index contributed by atoms with van der Waals surface area (Å²) in [5.41, 5.74) is 2.71. The fourth-order valence-corrected chi connectivity index (χ4v) is 6.66. The number of hydrogen-bond acceptors (Lipinski definition) is 4. The monoisotopic (exact) mass is 673 g/mol. The molecule has 3 aromatic rings. The maximum atomic E-state index is 14.3. The summed E-state index contributed by atoms with van der Waals surface area (Å²) < 4.78 is 28.0. The van der Waals surface area contributed by atoms with Crippen LogP contribution in [0.25, 0.3) is 0 Å². The average molecular weight is 675 g/mol. The second kappa shape index (κ2) is 14.5. The van der Waals surface area contributed by atoms with E-state index in [4.69, 9.17) is 11.6 Å². The Morgan fingerprint density at radius 3 is 2.29 bits per heavy atom. The van der Waals surface area contributed by atoms with Gasteiger partial charge < -0.3 is 10.2 Å². The number of nitrogens with zero attached hydrogens (tertiary/aromatic N) is 2. The SMILES string of the molecule is Cc1ccc(Cl)cc1N(CC(=O)N(Cc1ccc(Br)cc1)C(Cc1ccccc1)C(=O)NC1CCCCC1)S(C)(=O)=O. The molecule has 0 bridgehead atoms. The Morgan fingerprint density at radius 1 is 0.976 bits per heavy atom. The maximum absolute atomic E-state index is 14.3. The minimum absolute atomic E-state index is 0.0517. The molecule has 1 fully saturated rings. The molecule has 7 nitrogen and oxygen atoms in total. The van der Waals surface area contributed by atoms with Crippen molar-refractivity contribution in [3.05, 3.63) is 99.0 Å². The number of rotatable bonds is 11. The first-order chi connectivity index (χ1) is 20.0. The van der Waals surface area contributed by atoms with Crippen molar-refractivity contribution in [2.24, 2.45) is 0 Å². The first-order valence-electron chi connectivity index (χ1n) is 14.1. The molecule has 0 heterocycles. The van der Waals surface area contributed by atoms with E-state index in [-0.39, 0.29) is 24.9 Å². The van der Waals surface area contributed by atoms with Crippen LogP contribution in [-0.2, 0) is 32.6 Å². The van der Waals surface area contributed by atoms with E-state index in [0.717, 1.165) is 58.3 Å². The molecule has 3 aromatic carbocycles. The summed E-state index contributed by atoms with van der Waals surface area (Å²) in [5.74, 6) is -0.719. The Kier molecular flexibility index (Phi) is 11.1. The van der Waals surface area contributed by atoms with Crippen molar-refractivity contribution in [3.8, 4) is 0 Å². The van der Waals surface area contributed by atoms with Crippen molar-refractivity contribution in [1.29, 1.82) is 0 Å². The van der Waals surface area contributed by atoms with Gasteiger partial charge in [0.1, 0.15) is 12.6 Å². The summed E-state index contributed by atoms with van der Waals surface area (Å²) in [6.07, 6.45) is 6.42. The van der Waals surface area contributed by atoms with Crippen molar-refractivity contribution in [2.45, 2.75) is 64.1 Å². The Bertz CT molecular complexity index is 1480. The molecule has 224 valence electrons. The molecule has 0 aliphatic heterocycles. The zero-order chi connectivity index (χ0) is 30.3. The Morgan fingerprint density at radius 2 is 1.64 bits per heavy atom. The van der Waals surface area contributed by atoms with Crippen molar-refractivity contribution < 1.29 is 18.0 Å². The zero-order valence-electron chi connectivity index (χ0n) is 23.9. The average Bonchev–Trinajstić information content (AvgIpc) is 2.96. The minimum atomic E-state index is -3.87. The number of benzene rings is 3. The van der Waals surface area contributed by atoms with Crippen LogP contribution < -0.4 is 9.62 Å². The molecule has 2 amide bonds. The molecular formula is C32H37BrClN3O4S. The summed E-state index contributed by atoms with van der Waals surface area (Å²) in [7, 11) is -3.87. The van der Waals surface area contributed by atoms with Crippen LogP contribution in [0.4, 0.5) is 5.69 Å². The molecule has 1 aliphatic rings. The van der Waals surface area contributed by atoms with Crippen LogP contribution in [0.3, 0.4) is 0 Å². The van der Waals surface area contributed by atoms with E-state index in [1.165, 1.54) is 4.90 Å². The fraction of sp³-hybridized carbons (Fsp3) is 0.375. The van der Waals surface area contributed by atoms with Gasteiger partial charge in [-0.15, -0.1) is 0 Å². The largest absolute Gasteiger partial charge is 0.352 e. The minimum Gasteiger partial charge on any atom is -0.352 e. The number of carbonyl (C=O) groups excluding carboxylic acids is 2. The molecule has 4 rings (SSSR count). The summed E-state index contributed by atoms with van der Waals surface area (Å²) >= 11 is 9.69. The number of sulfonamides is 1. The molecule has 0 radical (unpaired) electrons. The van der Waals surface area contributed by atoms with Crippen LogP contribution in [-0.4, -0.2) is 50.0 Å². The quantitative estimate of drug-likeness (QED) is 0.260. The summed E-state index contributed by atoms with van der Waals surface area (Å²) in [6.45, 7) is 1.43. The van der Waals surface area contributed by atoms with Crippen molar-refractivity contribution in [1.82, 2.24) is 10.2 Å². The van der Waals surface area contributed by atoms with Crippen LogP contribution >= 0.6 is 27.5 Å². The summed E-state index contributed by atoms with van der Waals surface area (Å²) in [5, 5.41) is 3.57. The molecule has 1 atom stereocenters. The van der Waals surface area contributed by atoms with Crippen LogP contribution in [0.15, 0.2) is 77.3 Å². The van der Waals surface area contributed by atoms with Gasteiger partial charge in [0, 0.05) is 28.5 Å². The third-order valence-corrected chi connectivity index (χ3v) is 9.50. The molecule has 42 heavy (non-hydrogen) atoms. The predicted octanol–water partition coefficient (Wildman–Crippen LogP) is 6.27. The third kappa shape index (κ3) is 8.82. The molecule has 1 unspecified atom stereocenters. The highest BCUT2D eigenvalue weighted by Gasteiger charge is 2.34. The van der Waals surface area contributed by atoms with E-state index in [2.05, 4.69) is 21.2 Å². The van der Waals surface area contributed by atoms with Crippen LogP contribution in [0.2, 0.25) is 5.02 Å². The van der Waals surface area contributed by atoms with Crippen molar-refractivity contribution in [2.75, 3.05) is 17.1 Å². The molecular weight excluding hydrogens is 638 g/mol. The van der Waals surface area contributed by atoms with Gasteiger partial charge in [-0.25, -0.2) is 8.42 Å². The Hall–Kier alpha value is -2.88. The van der Waals surface area contributed by atoms with Gasteiger partial charge in [0.2, 0.25) is 21.8 Å². The zero-order valence-corrected chi connectivity index (χ0v) is 27.1. The first-order valence-corrected chi connectivity index (χ1v) is 17.2. The number of aryl methyl sites for hydroxylation is 1. The van der Waals surface area contributed by atoms with Gasteiger partial charge in [0.15, 0.2) is 0 Å². The van der Waals surface area contributed by atoms with E-state index in [1.807, 2.05) is 54.6 Å². The lowest BCUT2D eigenvalue weighted by Gasteiger charge is -2.35. The molecule has 0 spiro atoms. The van der Waals surface area contributed by atoms with Crippen LogP contribution in [0.1, 0.15) is 48.8 Å². The van der Waals surface area contributed by atoms with Gasteiger partial charge >= 0.3 is 0 Å². The standard InChI is InChI=1S/C32H37BrClN3O4S/c1-23-13-18-27(34)20-29(23)37(42(2,40)41)22-31(38)36(21-25-14-16-26(33)17-15-25)30(19-24-9-5-3-6-10-24)32(39)35-28-11-7-4-8-12-28/h3,5-6,9-10,13-18,20,28,30H,4,7-8,11-12,19,21-22H2,1-2H3,(H,35,39). The number of nitrogens with one attached hydrogen (secondary N) is 1. The van der Waals surface area contributed by atoms with Gasteiger partial charge in [0.25, 0.3) is 0 Å². The predicted molar refractivity (Wildman–Crippen MR) is 172 cm³/mol. The number of halogens is 2. The molecule has 1 N–H and O–H groups in total. The van der Waals surface area contributed by atoms with Crippen LogP contribution in [0, 0.1) is 6.92 Å². The lowest BCUT2D eigenvalue weighted by atomic mass is 9.94. The van der Waals surface area contributed by atoms with E-state index in [1.54, 1.807) is 25.1 Å². The second-order valence-corrected chi connectivity index (χ2v) is 14.2. The topological polar surface area (TPSA) is 86.8 Å². The Labute approximate surface area is 262 Å². The summed E-state index contributed by atoms with van der Waals surface area (Å²) in [4.78, 5) is 29.8. The van der Waals surface area contributed by atoms with E-state index >= 15 is 0 Å². The lowest BCUT2D eigenvalue weighted by Crippen LogP contribution is -2.55. The second-order valence-electron chi connectivity index (χ2n) is 10.9. The number of hydrogen-bond donors (Lipinski definition) is 1. The normalized spacial score (nSPS) is 14.7. The molecule has 1 saturated carbocycles. The van der Waals surface area contributed by atoms with E-state index < -0.39 is 28.5 Å². The highest BCUT2D eigenvalue weighted by Crippen LogP contribution is 2.27. The van der Waals surface area contributed by atoms with E-state index in [9.17, 15) is 18.0 Å². The molecule has 1 aliphatic carbocycles. The summed E-state index contributed by atoms with van der Waals surface area (Å²) in [6, 6.07) is 21.2. The van der Waals surface area contributed by atoms with Gasteiger partial charge in [-0.05, 0) is 60.7 Å². The number of carbonyl (C=O) groups is 2. The number of amides is 2. The third-order valence-electron chi connectivity index (χ3n) is 7.61. The smallest absolute Gasteiger partial charge is 0.244 e. The first kappa shape index (κ1) is 32.0. The van der Waals surface area contributed by atoms with Gasteiger partial charge in [-0.2, -0.15) is 0 Å². The number of anilines is 1. The fourth-order valence-electron chi connectivity index (χ4n) is 5.33. The van der Waals surface area contributed by atoms with Crippen molar-refractivity contribution in [3.63, 3.8) is 0 Å². The molecule has 0 saturated heterocycles. The lowest BCUT2D eigenvalue weighted by molar-refractivity contribution is -0.140. The van der Waals surface area contributed by atoms with Crippen LogP contribution in [0.5, 0.6) is 0 Å². The van der Waals surface area contributed by atoms with Gasteiger partial charge in [-0.1, -0.05) is 95.3 Å².